The molecule has 4 aromatic rings. The van der Waals surface area contributed by atoms with Crippen LogP contribution in [0, 0.1) is 0 Å². The number of rotatable bonds is 5. The van der Waals surface area contributed by atoms with Gasteiger partial charge in [-0.15, -0.1) is 0 Å². The van der Waals surface area contributed by atoms with Crippen molar-refractivity contribution >= 4 is 39.7 Å². The fourth-order valence-corrected chi connectivity index (χ4v) is 3.92. The third-order valence-electron chi connectivity index (χ3n) is 4.28. The molecule has 0 amide bonds. The average molecular weight is 383 g/mol. The molecule has 1 N–H and O–H groups in total. The zero-order chi connectivity index (χ0) is 19.0. The fraction of sp³-hybridized carbons (Fsp3) is 0.211. The van der Waals surface area contributed by atoms with Crippen molar-refractivity contribution in [3.63, 3.8) is 0 Å². The quantitative estimate of drug-likeness (QED) is 0.322. The minimum absolute atomic E-state index is 0.101. The van der Waals surface area contributed by atoms with Crippen LogP contribution >= 0.6 is 11.8 Å². The first-order chi connectivity index (χ1) is 13.1. The van der Waals surface area contributed by atoms with E-state index in [2.05, 4.69) is 9.72 Å². The molecule has 0 spiro atoms. The number of methoxy groups -OCH3 is 1. The molecule has 0 saturated carbocycles. The summed E-state index contributed by atoms with van der Waals surface area (Å²) < 4.78 is 11.8. The molecule has 0 saturated heterocycles. The number of para-hydroxylation sites is 1. The van der Waals surface area contributed by atoms with E-state index in [0.29, 0.717) is 34.2 Å². The Hall–Kier alpha value is -3.00. The van der Waals surface area contributed by atoms with Gasteiger partial charge >= 0.3 is 5.97 Å². The Morgan fingerprint density at radius 2 is 2.11 bits per heavy atom. The highest BCUT2D eigenvalue weighted by molar-refractivity contribution is 7.98. The van der Waals surface area contributed by atoms with Crippen LogP contribution < -0.4 is 5.56 Å². The molecule has 0 aliphatic carbocycles. The van der Waals surface area contributed by atoms with Gasteiger partial charge in [0.25, 0.3) is 5.56 Å². The van der Waals surface area contributed by atoms with E-state index in [-0.39, 0.29) is 11.3 Å². The van der Waals surface area contributed by atoms with E-state index in [4.69, 9.17) is 9.40 Å². The van der Waals surface area contributed by atoms with Gasteiger partial charge in [0.15, 0.2) is 5.16 Å². The smallest absolute Gasteiger partial charge is 0.373 e. The van der Waals surface area contributed by atoms with E-state index in [1.54, 1.807) is 16.7 Å². The summed E-state index contributed by atoms with van der Waals surface area (Å²) in [5.41, 5.74) is 1.96. The van der Waals surface area contributed by atoms with E-state index in [9.17, 15) is 9.59 Å². The van der Waals surface area contributed by atoms with Crippen molar-refractivity contribution in [2.45, 2.75) is 24.4 Å². The predicted molar refractivity (Wildman–Crippen MR) is 103 cm³/mol. The number of hydrogen-bond acceptors (Lipinski definition) is 6. The Labute approximate surface area is 158 Å². The standard InChI is InChI=1S/C19H17N3O4S/c1-3-22-17(23)16-15(12-6-4-5-7-13(12)20-16)21-19(22)27-10-11-8-9-14(26-11)18(24)25-2/h4-9,20H,3,10H2,1-2H3. The maximum absolute atomic E-state index is 12.9. The minimum atomic E-state index is -0.518. The van der Waals surface area contributed by atoms with Gasteiger partial charge in [-0.3, -0.25) is 9.36 Å². The first kappa shape index (κ1) is 17.4. The maximum atomic E-state index is 12.9. The molecule has 1 aromatic carbocycles. The third kappa shape index (κ3) is 3.02. The second-order valence-corrected chi connectivity index (χ2v) is 6.83. The Morgan fingerprint density at radius 3 is 2.89 bits per heavy atom. The summed E-state index contributed by atoms with van der Waals surface area (Å²) in [6.07, 6.45) is 0. The Morgan fingerprint density at radius 1 is 1.30 bits per heavy atom. The van der Waals surface area contributed by atoms with Crippen LogP contribution in [0.25, 0.3) is 21.9 Å². The molecule has 3 aromatic heterocycles. The van der Waals surface area contributed by atoms with Crippen LogP contribution in [0.1, 0.15) is 23.2 Å². The van der Waals surface area contributed by atoms with Gasteiger partial charge in [0.05, 0.1) is 12.9 Å². The number of nitrogens with zero attached hydrogens (tertiary/aromatic N) is 2. The van der Waals surface area contributed by atoms with Crippen molar-refractivity contribution in [2.75, 3.05) is 7.11 Å². The SMILES string of the molecule is CCn1c(SCc2ccc(C(=O)OC)o2)nc2c([nH]c3ccccc32)c1=O. The fourth-order valence-electron chi connectivity index (χ4n) is 2.97. The number of esters is 1. The maximum Gasteiger partial charge on any atom is 0.373 e. The van der Waals surface area contributed by atoms with E-state index in [1.807, 2.05) is 31.2 Å². The van der Waals surface area contributed by atoms with Gasteiger partial charge in [-0.05, 0) is 25.1 Å². The molecular formula is C19H17N3O4S. The molecule has 0 radical (unpaired) electrons. The van der Waals surface area contributed by atoms with Crippen molar-refractivity contribution in [1.29, 1.82) is 0 Å². The summed E-state index contributed by atoms with van der Waals surface area (Å²) in [6, 6.07) is 11.0. The average Bonchev–Trinajstić information content (AvgIpc) is 3.31. The Bertz CT molecular complexity index is 1200. The van der Waals surface area contributed by atoms with Gasteiger partial charge in [-0.25, -0.2) is 9.78 Å². The largest absolute Gasteiger partial charge is 0.463 e. The lowest BCUT2D eigenvalue weighted by atomic mass is 10.2. The first-order valence-electron chi connectivity index (χ1n) is 8.43. The number of aromatic amines is 1. The van der Waals surface area contributed by atoms with Crippen molar-refractivity contribution in [3.8, 4) is 0 Å². The highest BCUT2D eigenvalue weighted by Gasteiger charge is 2.16. The van der Waals surface area contributed by atoms with E-state index in [0.717, 1.165) is 10.9 Å². The van der Waals surface area contributed by atoms with Gasteiger partial charge in [0.2, 0.25) is 5.76 Å². The minimum Gasteiger partial charge on any atom is -0.463 e. The number of benzene rings is 1. The third-order valence-corrected chi connectivity index (χ3v) is 5.28. The van der Waals surface area contributed by atoms with Crippen LogP contribution in [-0.4, -0.2) is 27.6 Å². The molecule has 0 atom stereocenters. The second kappa shape index (κ2) is 6.96. The lowest BCUT2D eigenvalue weighted by Gasteiger charge is -2.09. The lowest BCUT2D eigenvalue weighted by Crippen LogP contribution is -2.22. The molecule has 3 heterocycles. The second-order valence-electron chi connectivity index (χ2n) is 5.88. The number of thioether (sulfide) groups is 1. The van der Waals surface area contributed by atoms with Gasteiger partial charge in [-0.2, -0.15) is 0 Å². The van der Waals surface area contributed by atoms with Gasteiger partial charge in [0.1, 0.15) is 16.8 Å². The number of carbonyl (C=O) groups excluding carboxylic acids is 1. The van der Waals surface area contributed by atoms with Gasteiger partial charge < -0.3 is 14.1 Å². The van der Waals surface area contributed by atoms with Gasteiger partial charge in [0, 0.05) is 17.4 Å². The molecule has 0 unspecified atom stereocenters. The number of ether oxygens (including phenoxy) is 1. The van der Waals surface area contributed by atoms with E-state index in [1.165, 1.54) is 18.9 Å². The lowest BCUT2D eigenvalue weighted by molar-refractivity contribution is 0.0563. The molecule has 8 heteroatoms. The summed E-state index contributed by atoms with van der Waals surface area (Å²) >= 11 is 1.39. The first-order valence-corrected chi connectivity index (χ1v) is 9.42. The summed E-state index contributed by atoms with van der Waals surface area (Å²) in [5, 5.41) is 1.52. The van der Waals surface area contributed by atoms with Crippen LogP contribution in [0.5, 0.6) is 0 Å². The number of fused-ring (bicyclic) bond motifs is 3. The normalized spacial score (nSPS) is 11.3. The summed E-state index contributed by atoms with van der Waals surface area (Å²) in [6.45, 7) is 2.41. The highest BCUT2D eigenvalue weighted by atomic mass is 32.2. The van der Waals surface area contributed by atoms with Crippen molar-refractivity contribution in [3.05, 3.63) is 58.3 Å². The number of hydrogen-bond donors (Lipinski definition) is 1. The van der Waals surface area contributed by atoms with Crippen molar-refractivity contribution in [1.82, 2.24) is 14.5 Å². The molecule has 138 valence electrons. The zero-order valence-electron chi connectivity index (χ0n) is 14.8. The van der Waals surface area contributed by atoms with Crippen molar-refractivity contribution in [2.24, 2.45) is 0 Å². The molecule has 0 bridgehead atoms. The molecule has 0 aliphatic heterocycles. The molecule has 0 aliphatic rings. The Kier molecular flexibility index (Phi) is 4.49. The van der Waals surface area contributed by atoms with E-state index >= 15 is 0 Å². The molecular weight excluding hydrogens is 366 g/mol. The van der Waals surface area contributed by atoms with Crippen LogP contribution in [0.2, 0.25) is 0 Å². The summed E-state index contributed by atoms with van der Waals surface area (Å²) in [7, 11) is 1.31. The Balaban J connectivity index is 1.72. The summed E-state index contributed by atoms with van der Waals surface area (Å²) in [5.74, 6) is 0.685. The number of aromatic nitrogens is 3. The predicted octanol–water partition coefficient (Wildman–Crippen LogP) is 3.57. The molecule has 27 heavy (non-hydrogen) atoms. The monoisotopic (exact) mass is 383 g/mol. The van der Waals surface area contributed by atoms with Crippen LogP contribution in [0.3, 0.4) is 0 Å². The molecule has 0 fully saturated rings. The number of nitrogens with one attached hydrogen (secondary N) is 1. The van der Waals surface area contributed by atoms with Crippen molar-refractivity contribution < 1.29 is 13.9 Å². The zero-order valence-corrected chi connectivity index (χ0v) is 15.6. The highest BCUT2D eigenvalue weighted by Crippen LogP contribution is 2.26. The van der Waals surface area contributed by atoms with Crippen LogP contribution in [-0.2, 0) is 17.0 Å². The number of carbonyl (C=O) groups is 1. The number of furan rings is 1. The molecule has 7 nitrogen and oxygen atoms in total. The van der Waals surface area contributed by atoms with Crippen LogP contribution in [0.15, 0.2) is 50.8 Å². The number of H-pyrrole nitrogens is 1. The summed E-state index contributed by atoms with van der Waals surface area (Å²) in [4.78, 5) is 32.3. The van der Waals surface area contributed by atoms with E-state index < -0.39 is 5.97 Å². The van der Waals surface area contributed by atoms with Gasteiger partial charge in [-0.1, -0.05) is 30.0 Å². The van der Waals surface area contributed by atoms with Crippen LogP contribution in [0.4, 0.5) is 0 Å². The topological polar surface area (TPSA) is 90.1 Å². The molecule has 4 rings (SSSR count).